The summed E-state index contributed by atoms with van der Waals surface area (Å²) in [6.45, 7) is 1.69. The number of fused-ring (bicyclic) bond motifs is 2. The minimum Gasteiger partial charge on any atom is -0.347 e. The minimum atomic E-state index is -1.19. The van der Waals surface area contributed by atoms with Gasteiger partial charge in [0.25, 0.3) is 0 Å². The van der Waals surface area contributed by atoms with Gasteiger partial charge in [-0.2, -0.15) is 5.10 Å². The number of aryl methyl sites for hydroxylation is 1. The standard InChI is InChI=1S/C18H20N4O2S/c1-18(17(24)21-13-6-3-4-9-15(13)25-18)16(23)20-12-7-5-8-14-11(12)10-19-22(14)2/h3-4,6,9-10,12H,5,7-8H2,1-2H3,(H,20,23)(H,21,24). The van der Waals surface area contributed by atoms with Crippen LogP contribution >= 0.6 is 11.8 Å². The van der Waals surface area contributed by atoms with Crippen molar-refractivity contribution in [3.8, 4) is 0 Å². The average molecular weight is 356 g/mol. The highest BCUT2D eigenvalue weighted by Crippen LogP contribution is 2.43. The van der Waals surface area contributed by atoms with Crippen LogP contribution < -0.4 is 10.6 Å². The van der Waals surface area contributed by atoms with Gasteiger partial charge in [-0.1, -0.05) is 23.9 Å². The summed E-state index contributed by atoms with van der Waals surface area (Å²) in [5.74, 6) is -0.540. The van der Waals surface area contributed by atoms with Gasteiger partial charge in [-0.15, -0.1) is 0 Å². The SMILES string of the molecule is Cn1ncc2c1CCCC2NC(=O)C1(C)Sc2ccccc2NC1=O. The van der Waals surface area contributed by atoms with Gasteiger partial charge in [-0.25, -0.2) is 0 Å². The summed E-state index contributed by atoms with van der Waals surface area (Å²) in [5, 5.41) is 10.3. The molecule has 4 rings (SSSR count). The van der Waals surface area contributed by atoms with Gasteiger partial charge in [0, 0.05) is 23.2 Å². The van der Waals surface area contributed by atoms with Crippen LogP contribution in [0.4, 0.5) is 5.69 Å². The second-order valence-electron chi connectivity index (χ2n) is 6.67. The Morgan fingerprint density at radius 2 is 2.24 bits per heavy atom. The summed E-state index contributed by atoms with van der Waals surface area (Å²) in [5.41, 5.74) is 2.98. The third kappa shape index (κ3) is 2.63. The first kappa shape index (κ1) is 16.2. The number of thioether (sulfide) groups is 1. The molecule has 0 saturated carbocycles. The fourth-order valence-corrected chi connectivity index (χ4v) is 4.58. The molecule has 0 radical (unpaired) electrons. The van der Waals surface area contributed by atoms with Gasteiger partial charge >= 0.3 is 0 Å². The molecule has 0 fully saturated rings. The first-order valence-corrected chi connectivity index (χ1v) is 9.22. The highest BCUT2D eigenvalue weighted by atomic mass is 32.2. The van der Waals surface area contributed by atoms with Crippen molar-refractivity contribution in [1.29, 1.82) is 0 Å². The van der Waals surface area contributed by atoms with Crippen LogP contribution in [0, 0.1) is 0 Å². The van der Waals surface area contributed by atoms with Crippen molar-refractivity contribution in [2.75, 3.05) is 5.32 Å². The summed E-state index contributed by atoms with van der Waals surface area (Å²) in [6, 6.07) is 7.46. The number of benzene rings is 1. The van der Waals surface area contributed by atoms with E-state index in [2.05, 4.69) is 15.7 Å². The van der Waals surface area contributed by atoms with Crippen LogP contribution in [0.5, 0.6) is 0 Å². The Kier molecular flexibility index (Phi) is 3.83. The number of hydrogen-bond donors (Lipinski definition) is 2. The molecule has 1 aromatic heterocycles. The van der Waals surface area contributed by atoms with Gasteiger partial charge in [0.05, 0.1) is 17.9 Å². The third-order valence-corrected chi connectivity index (χ3v) is 6.35. The van der Waals surface area contributed by atoms with Gasteiger partial charge in [0.2, 0.25) is 11.8 Å². The van der Waals surface area contributed by atoms with Crippen LogP contribution in [-0.4, -0.2) is 26.3 Å². The fourth-order valence-electron chi connectivity index (χ4n) is 3.47. The predicted octanol–water partition coefficient (Wildman–Crippen LogP) is 2.42. The maximum Gasteiger partial charge on any atom is 0.250 e. The summed E-state index contributed by atoms with van der Waals surface area (Å²) in [4.78, 5) is 26.5. The number of amides is 2. The summed E-state index contributed by atoms with van der Waals surface area (Å²) < 4.78 is 0.682. The van der Waals surface area contributed by atoms with Crippen molar-refractivity contribution >= 4 is 29.3 Å². The van der Waals surface area contributed by atoms with E-state index in [1.165, 1.54) is 11.8 Å². The lowest BCUT2D eigenvalue weighted by atomic mass is 9.92. The van der Waals surface area contributed by atoms with Crippen molar-refractivity contribution < 1.29 is 9.59 Å². The van der Waals surface area contributed by atoms with Crippen LogP contribution in [0.2, 0.25) is 0 Å². The smallest absolute Gasteiger partial charge is 0.250 e. The van der Waals surface area contributed by atoms with E-state index in [1.54, 1.807) is 6.92 Å². The van der Waals surface area contributed by atoms with Crippen LogP contribution in [-0.2, 0) is 23.1 Å². The number of carbonyl (C=O) groups is 2. The molecular formula is C18H20N4O2S. The molecule has 25 heavy (non-hydrogen) atoms. The maximum atomic E-state index is 13.0. The molecule has 2 aliphatic rings. The van der Waals surface area contributed by atoms with Crippen molar-refractivity contribution in [1.82, 2.24) is 15.1 Å². The molecule has 1 aromatic carbocycles. The highest BCUT2D eigenvalue weighted by molar-refractivity contribution is 8.02. The number of nitrogens with one attached hydrogen (secondary N) is 2. The van der Waals surface area contributed by atoms with Crippen LogP contribution in [0.1, 0.15) is 37.1 Å². The normalized spacial score (nSPS) is 24.9. The average Bonchev–Trinajstić information content (AvgIpc) is 2.98. The Hall–Kier alpha value is -2.28. The molecule has 2 heterocycles. The Balaban J connectivity index is 1.58. The number of hydrogen-bond acceptors (Lipinski definition) is 4. The molecule has 130 valence electrons. The number of nitrogens with zero attached hydrogens (tertiary/aromatic N) is 2. The second kappa shape index (κ2) is 5.91. The monoisotopic (exact) mass is 356 g/mol. The lowest BCUT2D eigenvalue weighted by Crippen LogP contribution is -2.53. The van der Waals surface area contributed by atoms with Crippen LogP contribution in [0.3, 0.4) is 0 Å². The molecule has 0 bridgehead atoms. The Bertz CT molecular complexity index is 863. The van der Waals surface area contributed by atoms with E-state index < -0.39 is 4.75 Å². The molecule has 2 atom stereocenters. The zero-order valence-corrected chi connectivity index (χ0v) is 15.0. The molecule has 0 spiro atoms. The zero-order chi connectivity index (χ0) is 17.6. The topological polar surface area (TPSA) is 76.0 Å². The van der Waals surface area contributed by atoms with Crippen LogP contribution in [0.15, 0.2) is 35.4 Å². The molecule has 2 unspecified atom stereocenters. The maximum absolute atomic E-state index is 13.0. The number of aromatic nitrogens is 2. The molecule has 1 aliphatic carbocycles. The van der Waals surface area contributed by atoms with E-state index in [-0.39, 0.29) is 17.9 Å². The molecule has 1 aliphatic heterocycles. The Morgan fingerprint density at radius 3 is 3.08 bits per heavy atom. The minimum absolute atomic E-state index is 0.0904. The van der Waals surface area contributed by atoms with Crippen molar-refractivity contribution in [2.24, 2.45) is 7.05 Å². The third-order valence-electron chi connectivity index (χ3n) is 5.00. The lowest BCUT2D eigenvalue weighted by Gasteiger charge is -2.34. The van der Waals surface area contributed by atoms with E-state index >= 15 is 0 Å². The molecule has 6 nitrogen and oxygen atoms in total. The van der Waals surface area contributed by atoms with Crippen molar-refractivity contribution in [3.05, 3.63) is 41.7 Å². The van der Waals surface area contributed by atoms with Gasteiger partial charge in [0.1, 0.15) is 0 Å². The molecule has 0 saturated heterocycles. The number of para-hydroxylation sites is 1. The van der Waals surface area contributed by atoms with E-state index in [4.69, 9.17) is 0 Å². The highest BCUT2D eigenvalue weighted by Gasteiger charge is 2.46. The van der Waals surface area contributed by atoms with E-state index in [0.29, 0.717) is 0 Å². The van der Waals surface area contributed by atoms with Gasteiger partial charge < -0.3 is 10.6 Å². The van der Waals surface area contributed by atoms with Gasteiger partial charge in [0.15, 0.2) is 4.75 Å². The first-order valence-electron chi connectivity index (χ1n) is 8.40. The molecular weight excluding hydrogens is 336 g/mol. The largest absolute Gasteiger partial charge is 0.347 e. The second-order valence-corrected chi connectivity index (χ2v) is 8.13. The lowest BCUT2D eigenvalue weighted by molar-refractivity contribution is -0.130. The van der Waals surface area contributed by atoms with Gasteiger partial charge in [-0.3, -0.25) is 14.3 Å². The fraction of sp³-hybridized carbons (Fsp3) is 0.389. The quantitative estimate of drug-likeness (QED) is 0.810. The number of anilines is 1. The zero-order valence-electron chi connectivity index (χ0n) is 14.2. The predicted molar refractivity (Wildman–Crippen MR) is 96.4 cm³/mol. The van der Waals surface area contributed by atoms with Crippen LogP contribution in [0.25, 0.3) is 0 Å². The van der Waals surface area contributed by atoms with Gasteiger partial charge in [-0.05, 0) is 38.3 Å². The molecule has 7 heteroatoms. The molecule has 2 amide bonds. The Morgan fingerprint density at radius 1 is 1.44 bits per heavy atom. The Labute approximate surface area is 150 Å². The summed E-state index contributed by atoms with van der Waals surface area (Å²) in [6.07, 6.45) is 4.66. The summed E-state index contributed by atoms with van der Waals surface area (Å²) >= 11 is 1.31. The van der Waals surface area contributed by atoms with Crippen molar-refractivity contribution in [2.45, 2.75) is 41.9 Å². The van der Waals surface area contributed by atoms with E-state index in [0.717, 1.165) is 41.1 Å². The number of rotatable bonds is 2. The molecule has 2 aromatic rings. The number of carbonyl (C=O) groups excluding carboxylic acids is 2. The molecule has 2 N–H and O–H groups in total. The first-order chi connectivity index (χ1) is 12.0. The van der Waals surface area contributed by atoms with Crippen molar-refractivity contribution in [3.63, 3.8) is 0 Å². The van der Waals surface area contributed by atoms with E-state index in [9.17, 15) is 9.59 Å². The van der Waals surface area contributed by atoms with E-state index in [1.807, 2.05) is 42.2 Å². The summed E-state index contributed by atoms with van der Waals surface area (Å²) in [7, 11) is 1.92.